The van der Waals surface area contributed by atoms with Crippen molar-refractivity contribution in [2.75, 3.05) is 18.0 Å². The lowest BCUT2D eigenvalue weighted by atomic mass is 9.77. The maximum atomic E-state index is 6.21. The number of aromatic nitrogens is 2. The van der Waals surface area contributed by atoms with Gasteiger partial charge >= 0.3 is 0 Å². The van der Waals surface area contributed by atoms with Gasteiger partial charge in [0.25, 0.3) is 0 Å². The highest BCUT2D eigenvalue weighted by atomic mass is 35.5. The standard InChI is InChI=1S/C17H26ClN3/c1-17(2,3)13-5-4-9-21(10-8-13)15-11-14(18)19-16(20-15)12-6-7-12/h11-13H,4-10H2,1-3H3. The van der Waals surface area contributed by atoms with E-state index in [1.165, 1.54) is 32.1 Å². The average molecular weight is 308 g/mol. The minimum Gasteiger partial charge on any atom is -0.356 e. The molecule has 1 aliphatic heterocycles. The first-order chi connectivity index (χ1) is 9.93. The van der Waals surface area contributed by atoms with E-state index < -0.39 is 0 Å². The van der Waals surface area contributed by atoms with Gasteiger partial charge < -0.3 is 4.90 Å². The molecule has 0 amide bonds. The van der Waals surface area contributed by atoms with Crippen molar-refractivity contribution >= 4 is 17.4 Å². The molecule has 1 aliphatic carbocycles. The van der Waals surface area contributed by atoms with E-state index in [1.54, 1.807) is 0 Å². The third-order valence-corrected chi connectivity index (χ3v) is 5.11. The van der Waals surface area contributed by atoms with Crippen LogP contribution in [0.25, 0.3) is 0 Å². The second-order valence-electron chi connectivity index (χ2n) is 7.66. The molecule has 1 unspecified atom stereocenters. The predicted molar refractivity (Wildman–Crippen MR) is 88.0 cm³/mol. The Labute approximate surface area is 133 Å². The smallest absolute Gasteiger partial charge is 0.135 e. The van der Waals surface area contributed by atoms with Gasteiger partial charge in [0.05, 0.1) is 0 Å². The van der Waals surface area contributed by atoms with E-state index >= 15 is 0 Å². The monoisotopic (exact) mass is 307 g/mol. The molecule has 116 valence electrons. The third-order valence-electron chi connectivity index (χ3n) is 4.92. The summed E-state index contributed by atoms with van der Waals surface area (Å²) >= 11 is 6.21. The molecule has 0 N–H and O–H groups in total. The van der Waals surface area contributed by atoms with Crippen molar-refractivity contribution in [3.8, 4) is 0 Å². The van der Waals surface area contributed by atoms with Crippen LogP contribution in [0.5, 0.6) is 0 Å². The molecule has 1 aromatic heterocycles. The highest BCUT2D eigenvalue weighted by Gasteiger charge is 2.30. The van der Waals surface area contributed by atoms with E-state index in [9.17, 15) is 0 Å². The Balaban J connectivity index is 1.75. The number of rotatable bonds is 2. The summed E-state index contributed by atoms with van der Waals surface area (Å²) < 4.78 is 0. The zero-order valence-corrected chi connectivity index (χ0v) is 14.2. The Morgan fingerprint density at radius 1 is 1.10 bits per heavy atom. The molecule has 3 rings (SSSR count). The summed E-state index contributed by atoms with van der Waals surface area (Å²) in [4.78, 5) is 11.6. The largest absolute Gasteiger partial charge is 0.356 e. The molecule has 2 aliphatic rings. The van der Waals surface area contributed by atoms with Crippen molar-refractivity contribution in [1.29, 1.82) is 0 Å². The lowest BCUT2D eigenvalue weighted by Crippen LogP contribution is -2.27. The van der Waals surface area contributed by atoms with E-state index in [2.05, 4.69) is 30.7 Å². The van der Waals surface area contributed by atoms with Crippen LogP contribution in [0.1, 0.15) is 64.6 Å². The molecule has 1 saturated heterocycles. The molecule has 4 heteroatoms. The molecular formula is C17H26ClN3. The first-order valence-corrected chi connectivity index (χ1v) is 8.61. The van der Waals surface area contributed by atoms with Crippen molar-refractivity contribution in [3.05, 3.63) is 17.0 Å². The molecule has 0 aromatic carbocycles. The topological polar surface area (TPSA) is 29.0 Å². The molecule has 21 heavy (non-hydrogen) atoms. The van der Waals surface area contributed by atoms with Gasteiger partial charge in [0.2, 0.25) is 0 Å². The van der Waals surface area contributed by atoms with E-state index in [1.807, 2.05) is 6.07 Å². The second kappa shape index (κ2) is 5.75. The molecular weight excluding hydrogens is 282 g/mol. The molecule has 2 fully saturated rings. The Morgan fingerprint density at radius 2 is 1.86 bits per heavy atom. The van der Waals surface area contributed by atoms with E-state index in [0.29, 0.717) is 16.5 Å². The van der Waals surface area contributed by atoms with Gasteiger partial charge in [-0.2, -0.15) is 0 Å². The normalized spacial score (nSPS) is 24.0. The lowest BCUT2D eigenvalue weighted by Gasteiger charge is -2.30. The van der Waals surface area contributed by atoms with Crippen molar-refractivity contribution in [2.45, 2.75) is 58.8 Å². The first-order valence-electron chi connectivity index (χ1n) is 8.23. The second-order valence-corrected chi connectivity index (χ2v) is 8.05. The zero-order chi connectivity index (χ0) is 15.0. The number of halogens is 1. The van der Waals surface area contributed by atoms with Gasteiger partial charge in [0.1, 0.15) is 16.8 Å². The number of nitrogens with zero attached hydrogens (tertiary/aromatic N) is 3. The highest BCUT2D eigenvalue weighted by molar-refractivity contribution is 6.29. The Hall–Kier alpha value is -0.830. The number of anilines is 1. The van der Waals surface area contributed by atoms with Gasteiger partial charge in [0.15, 0.2) is 0 Å². The van der Waals surface area contributed by atoms with Gasteiger partial charge in [-0.15, -0.1) is 0 Å². The minimum atomic E-state index is 0.401. The summed E-state index contributed by atoms with van der Waals surface area (Å²) in [5.74, 6) is 3.33. The van der Waals surface area contributed by atoms with E-state index in [-0.39, 0.29) is 0 Å². The summed E-state index contributed by atoms with van der Waals surface area (Å²) in [6.45, 7) is 9.25. The fourth-order valence-electron chi connectivity index (χ4n) is 3.30. The van der Waals surface area contributed by atoms with Crippen LogP contribution < -0.4 is 4.90 Å². The molecule has 1 aromatic rings. The third kappa shape index (κ3) is 3.68. The van der Waals surface area contributed by atoms with Crippen LogP contribution in [0, 0.1) is 11.3 Å². The molecule has 1 saturated carbocycles. The average Bonchev–Trinajstić information content (AvgIpc) is 3.23. The van der Waals surface area contributed by atoms with Crippen LogP contribution in [-0.2, 0) is 0 Å². The summed E-state index contributed by atoms with van der Waals surface area (Å²) in [6.07, 6.45) is 6.22. The molecule has 0 spiro atoms. The van der Waals surface area contributed by atoms with Gasteiger partial charge in [-0.25, -0.2) is 9.97 Å². The molecule has 0 radical (unpaired) electrons. The first kappa shape index (κ1) is 15.1. The van der Waals surface area contributed by atoms with Crippen molar-refractivity contribution < 1.29 is 0 Å². The maximum absolute atomic E-state index is 6.21. The summed E-state index contributed by atoms with van der Waals surface area (Å²) in [7, 11) is 0. The lowest BCUT2D eigenvalue weighted by molar-refractivity contribution is 0.220. The molecule has 3 nitrogen and oxygen atoms in total. The van der Waals surface area contributed by atoms with E-state index in [0.717, 1.165) is 30.6 Å². The fourth-order valence-corrected chi connectivity index (χ4v) is 3.48. The summed E-state index contributed by atoms with van der Waals surface area (Å²) in [6, 6.07) is 1.94. The minimum absolute atomic E-state index is 0.401. The molecule has 0 bridgehead atoms. The van der Waals surface area contributed by atoms with Gasteiger partial charge in [-0.3, -0.25) is 0 Å². The van der Waals surface area contributed by atoms with Crippen molar-refractivity contribution in [1.82, 2.24) is 9.97 Å². The maximum Gasteiger partial charge on any atom is 0.135 e. The summed E-state index contributed by atoms with van der Waals surface area (Å²) in [5, 5.41) is 0.596. The zero-order valence-electron chi connectivity index (χ0n) is 13.4. The SMILES string of the molecule is CC(C)(C)C1CCCN(c2cc(Cl)nc(C3CC3)n2)CC1. The van der Waals surface area contributed by atoms with Crippen LogP contribution in [0.15, 0.2) is 6.07 Å². The quantitative estimate of drug-likeness (QED) is 0.744. The molecule has 1 atom stereocenters. The van der Waals surface area contributed by atoms with Crippen LogP contribution in [0.4, 0.5) is 5.82 Å². The van der Waals surface area contributed by atoms with Crippen LogP contribution >= 0.6 is 11.6 Å². The van der Waals surface area contributed by atoms with Crippen molar-refractivity contribution in [2.24, 2.45) is 11.3 Å². The highest BCUT2D eigenvalue weighted by Crippen LogP contribution is 2.39. The van der Waals surface area contributed by atoms with Gasteiger partial charge in [0, 0.05) is 25.1 Å². The number of hydrogen-bond donors (Lipinski definition) is 0. The van der Waals surface area contributed by atoms with Crippen molar-refractivity contribution in [3.63, 3.8) is 0 Å². The van der Waals surface area contributed by atoms with Gasteiger partial charge in [-0.1, -0.05) is 32.4 Å². The Morgan fingerprint density at radius 3 is 2.52 bits per heavy atom. The Bertz CT molecular complexity index is 505. The van der Waals surface area contributed by atoms with Crippen LogP contribution in [0.3, 0.4) is 0 Å². The van der Waals surface area contributed by atoms with Crippen LogP contribution in [0.2, 0.25) is 5.15 Å². The predicted octanol–water partition coefficient (Wildman–Crippen LogP) is 4.66. The van der Waals surface area contributed by atoms with E-state index in [4.69, 9.17) is 16.6 Å². The summed E-state index contributed by atoms with van der Waals surface area (Å²) in [5.41, 5.74) is 0.401. The van der Waals surface area contributed by atoms with Crippen LogP contribution in [-0.4, -0.2) is 23.1 Å². The molecule has 2 heterocycles. The Kier molecular flexibility index (Phi) is 4.13. The van der Waals surface area contributed by atoms with Gasteiger partial charge in [-0.05, 0) is 43.4 Å². The fraction of sp³-hybridized carbons (Fsp3) is 0.765. The number of hydrogen-bond acceptors (Lipinski definition) is 3.